The first kappa shape index (κ1) is 11.6. The van der Waals surface area contributed by atoms with Crippen LogP contribution in [-0.2, 0) is 4.79 Å². The molecular formula is C15H20N2O. The van der Waals surface area contributed by atoms with E-state index >= 15 is 0 Å². The summed E-state index contributed by atoms with van der Waals surface area (Å²) in [7, 11) is 1.92. The molecule has 1 amide bonds. The Bertz CT molecular complexity index is 437. The number of carbonyl (C=O) groups is 1. The third kappa shape index (κ3) is 1.61. The molecule has 3 nitrogen and oxygen atoms in total. The van der Waals surface area contributed by atoms with Crippen LogP contribution in [0.2, 0.25) is 0 Å². The van der Waals surface area contributed by atoms with E-state index in [2.05, 4.69) is 29.2 Å². The number of amides is 1. The predicted molar refractivity (Wildman–Crippen MR) is 72.4 cm³/mol. The summed E-state index contributed by atoms with van der Waals surface area (Å²) in [6, 6.07) is 10.4. The van der Waals surface area contributed by atoms with E-state index in [4.69, 9.17) is 0 Å². The first-order chi connectivity index (χ1) is 8.74. The summed E-state index contributed by atoms with van der Waals surface area (Å²) in [5.41, 5.74) is 0.922. The zero-order valence-electron chi connectivity index (χ0n) is 10.9. The summed E-state index contributed by atoms with van der Waals surface area (Å²) in [6.45, 7) is 0.725. The zero-order chi connectivity index (χ0) is 12.6. The Morgan fingerprint density at radius 1 is 1.06 bits per heavy atom. The van der Waals surface area contributed by atoms with E-state index in [9.17, 15) is 4.79 Å². The minimum Gasteiger partial charge on any atom is -0.339 e. The van der Waals surface area contributed by atoms with Crippen LogP contribution in [0.4, 0.5) is 5.69 Å². The van der Waals surface area contributed by atoms with Gasteiger partial charge in [0.15, 0.2) is 0 Å². The van der Waals surface area contributed by atoms with Gasteiger partial charge in [0, 0.05) is 12.7 Å². The average molecular weight is 244 g/mol. The molecule has 2 fully saturated rings. The van der Waals surface area contributed by atoms with Crippen molar-refractivity contribution in [3.05, 3.63) is 30.3 Å². The van der Waals surface area contributed by atoms with Gasteiger partial charge in [-0.2, -0.15) is 0 Å². The van der Waals surface area contributed by atoms with Crippen molar-refractivity contribution in [2.45, 2.75) is 37.6 Å². The molecule has 1 aromatic carbocycles. The molecule has 96 valence electrons. The number of likely N-dealkylation sites (N-methyl/N-ethyl adjacent to an activating group) is 1. The third-order valence-electron chi connectivity index (χ3n) is 4.36. The second kappa shape index (κ2) is 4.30. The number of rotatable bonds is 1. The van der Waals surface area contributed by atoms with Gasteiger partial charge >= 0.3 is 0 Å². The number of carbonyl (C=O) groups excluding carboxylic acids is 1. The van der Waals surface area contributed by atoms with Crippen LogP contribution in [0.5, 0.6) is 0 Å². The second-order valence-corrected chi connectivity index (χ2v) is 5.50. The number of para-hydroxylation sites is 1. The predicted octanol–water partition coefficient (Wildman–Crippen LogP) is 2.63. The molecule has 1 heterocycles. The van der Waals surface area contributed by atoms with Gasteiger partial charge in [0.05, 0.1) is 6.67 Å². The molecule has 0 bridgehead atoms. The molecule has 1 saturated heterocycles. The van der Waals surface area contributed by atoms with Crippen LogP contribution >= 0.6 is 0 Å². The molecule has 3 rings (SSSR count). The van der Waals surface area contributed by atoms with Crippen molar-refractivity contribution in [2.75, 3.05) is 18.6 Å². The molecular weight excluding hydrogens is 224 g/mol. The van der Waals surface area contributed by atoms with E-state index < -0.39 is 0 Å². The lowest BCUT2D eigenvalue weighted by molar-refractivity contribution is -0.132. The van der Waals surface area contributed by atoms with Gasteiger partial charge in [0.2, 0.25) is 5.91 Å². The van der Waals surface area contributed by atoms with E-state index in [0.29, 0.717) is 5.91 Å². The summed E-state index contributed by atoms with van der Waals surface area (Å²) < 4.78 is 0. The normalized spacial score (nSPS) is 22.8. The largest absolute Gasteiger partial charge is 0.339 e. The molecule has 2 aliphatic rings. The van der Waals surface area contributed by atoms with Crippen LogP contribution in [0.25, 0.3) is 0 Å². The molecule has 3 heteroatoms. The Kier molecular flexibility index (Phi) is 2.77. The van der Waals surface area contributed by atoms with Gasteiger partial charge in [0.25, 0.3) is 0 Å². The first-order valence-corrected chi connectivity index (χ1v) is 6.82. The Labute approximate surface area is 108 Å². The Hall–Kier alpha value is -1.51. The summed E-state index contributed by atoms with van der Waals surface area (Å²) in [5.74, 6) is 0.311. The molecule has 0 radical (unpaired) electrons. The van der Waals surface area contributed by atoms with Crippen LogP contribution in [0.3, 0.4) is 0 Å². The van der Waals surface area contributed by atoms with Gasteiger partial charge in [-0.05, 0) is 25.0 Å². The fraction of sp³-hybridized carbons (Fsp3) is 0.533. The van der Waals surface area contributed by atoms with E-state index in [1.54, 1.807) is 0 Å². The monoisotopic (exact) mass is 244 g/mol. The van der Waals surface area contributed by atoms with E-state index in [0.717, 1.165) is 19.5 Å². The lowest BCUT2D eigenvalue weighted by Crippen LogP contribution is -2.50. The van der Waals surface area contributed by atoms with E-state index in [-0.39, 0.29) is 5.54 Å². The number of hydrogen-bond donors (Lipinski definition) is 0. The van der Waals surface area contributed by atoms with Gasteiger partial charge in [0.1, 0.15) is 5.54 Å². The highest BCUT2D eigenvalue weighted by molar-refractivity contribution is 5.93. The molecule has 0 aromatic heterocycles. The molecule has 1 spiro atoms. The van der Waals surface area contributed by atoms with Crippen molar-refractivity contribution in [3.8, 4) is 0 Å². The number of benzene rings is 1. The quantitative estimate of drug-likeness (QED) is 0.758. The van der Waals surface area contributed by atoms with Crippen molar-refractivity contribution < 1.29 is 4.79 Å². The van der Waals surface area contributed by atoms with Crippen LogP contribution in [0, 0.1) is 0 Å². The average Bonchev–Trinajstić information content (AvgIpc) is 2.66. The summed E-state index contributed by atoms with van der Waals surface area (Å²) in [5, 5.41) is 0. The van der Waals surface area contributed by atoms with Crippen LogP contribution < -0.4 is 4.90 Å². The summed E-state index contributed by atoms with van der Waals surface area (Å²) >= 11 is 0. The SMILES string of the molecule is CN1CN(c2ccccc2)C2(CCCCC2)C1=O. The topological polar surface area (TPSA) is 23.6 Å². The van der Waals surface area contributed by atoms with Gasteiger partial charge in [-0.3, -0.25) is 4.79 Å². The number of anilines is 1. The minimum atomic E-state index is -0.256. The summed E-state index contributed by atoms with van der Waals surface area (Å²) in [4.78, 5) is 16.7. The van der Waals surface area contributed by atoms with Crippen molar-refractivity contribution in [1.29, 1.82) is 0 Å². The molecule has 1 aliphatic carbocycles. The Morgan fingerprint density at radius 3 is 2.39 bits per heavy atom. The Morgan fingerprint density at radius 2 is 1.72 bits per heavy atom. The van der Waals surface area contributed by atoms with Crippen molar-refractivity contribution in [3.63, 3.8) is 0 Å². The maximum Gasteiger partial charge on any atom is 0.249 e. The molecule has 0 unspecified atom stereocenters. The highest BCUT2D eigenvalue weighted by atomic mass is 16.2. The smallest absolute Gasteiger partial charge is 0.249 e. The molecule has 18 heavy (non-hydrogen) atoms. The maximum absolute atomic E-state index is 12.6. The number of hydrogen-bond acceptors (Lipinski definition) is 2. The molecule has 1 aromatic rings. The van der Waals surface area contributed by atoms with E-state index in [1.165, 1.54) is 24.9 Å². The lowest BCUT2D eigenvalue weighted by Gasteiger charge is -2.39. The minimum absolute atomic E-state index is 0.256. The third-order valence-corrected chi connectivity index (χ3v) is 4.36. The summed E-state index contributed by atoms with van der Waals surface area (Å²) in [6.07, 6.45) is 5.61. The Balaban J connectivity index is 1.99. The molecule has 0 atom stereocenters. The number of nitrogens with zero attached hydrogens (tertiary/aromatic N) is 2. The first-order valence-electron chi connectivity index (χ1n) is 6.82. The molecule has 1 aliphatic heterocycles. The van der Waals surface area contributed by atoms with Crippen molar-refractivity contribution in [2.24, 2.45) is 0 Å². The fourth-order valence-corrected chi connectivity index (χ4v) is 3.44. The standard InChI is InChI=1S/C15H20N2O/c1-16-12-17(13-8-4-2-5-9-13)15(14(16)18)10-6-3-7-11-15/h2,4-5,8-9H,3,6-7,10-12H2,1H3. The van der Waals surface area contributed by atoms with Gasteiger partial charge < -0.3 is 9.80 Å². The fourth-order valence-electron chi connectivity index (χ4n) is 3.44. The second-order valence-electron chi connectivity index (χ2n) is 5.50. The van der Waals surface area contributed by atoms with Crippen molar-refractivity contribution >= 4 is 11.6 Å². The molecule has 0 N–H and O–H groups in total. The van der Waals surface area contributed by atoms with Gasteiger partial charge in [-0.1, -0.05) is 37.5 Å². The molecule has 1 saturated carbocycles. The van der Waals surface area contributed by atoms with Crippen LogP contribution in [0.15, 0.2) is 30.3 Å². The maximum atomic E-state index is 12.6. The van der Waals surface area contributed by atoms with Gasteiger partial charge in [-0.25, -0.2) is 0 Å². The highest BCUT2D eigenvalue weighted by Gasteiger charge is 2.51. The van der Waals surface area contributed by atoms with Gasteiger partial charge in [-0.15, -0.1) is 0 Å². The van der Waals surface area contributed by atoms with Crippen LogP contribution in [-0.4, -0.2) is 30.1 Å². The van der Waals surface area contributed by atoms with Crippen molar-refractivity contribution in [1.82, 2.24) is 4.90 Å². The van der Waals surface area contributed by atoms with Crippen LogP contribution in [0.1, 0.15) is 32.1 Å². The zero-order valence-corrected chi connectivity index (χ0v) is 10.9. The van der Waals surface area contributed by atoms with E-state index in [1.807, 2.05) is 18.0 Å². The lowest BCUT2D eigenvalue weighted by atomic mass is 9.80. The highest BCUT2D eigenvalue weighted by Crippen LogP contribution is 2.41.